The molecule has 0 saturated carbocycles. The molecule has 0 spiro atoms. The average Bonchev–Trinajstić information content (AvgIpc) is 3.04. The molecule has 0 aliphatic carbocycles. The Kier molecular flexibility index (Phi) is 7.41. The lowest BCUT2D eigenvalue weighted by atomic mass is 10.1. The number of benzene rings is 1. The number of furan rings is 1. The predicted molar refractivity (Wildman–Crippen MR) is 101 cm³/mol. The van der Waals surface area contributed by atoms with Crippen LogP contribution in [0.3, 0.4) is 0 Å². The number of hydrogen-bond acceptors (Lipinski definition) is 4. The molecule has 2 aromatic rings. The van der Waals surface area contributed by atoms with Crippen LogP contribution in [0.25, 0.3) is 0 Å². The molecule has 0 aliphatic rings. The fourth-order valence-electron chi connectivity index (χ4n) is 2.58. The summed E-state index contributed by atoms with van der Waals surface area (Å²) in [7, 11) is 3.92. The third-order valence-electron chi connectivity index (χ3n) is 4.08. The normalized spacial score (nSPS) is 10.8. The van der Waals surface area contributed by atoms with Gasteiger partial charge in [0.05, 0.1) is 11.8 Å². The standard InChI is InChI=1S/C20H27N3O3/c1-16-18(10-14-26-16)20(25)23(15-17-7-5-4-6-8-17)12-9-19(24)21-11-13-22(2)3/h4-8,10,14H,9,11-13,15H2,1-3H3,(H,21,24). The molecular weight excluding hydrogens is 330 g/mol. The summed E-state index contributed by atoms with van der Waals surface area (Å²) in [6.07, 6.45) is 1.78. The number of carbonyl (C=O) groups is 2. The number of nitrogens with one attached hydrogen (secondary N) is 1. The zero-order valence-corrected chi connectivity index (χ0v) is 15.7. The maximum Gasteiger partial charge on any atom is 0.257 e. The van der Waals surface area contributed by atoms with E-state index in [4.69, 9.17) is 4.42 Å². The van der Waals surface area contributed by atoms with Gasteiger partial charge in [-0.25, -0.2) is 0 Å². The van der Waals surface area contributed by atoms with Gasteiger partial charge < -0.3 is 19.5 Å². The summed E-state index contributed by atoms with van der Waals surface area (Å²) in [5.74, 6) is 0.409. The van der Waals surface area contributed by atoms with E-state index in [1.54, 1.807) is 17.9 Å². The van der Waals surface area contributed by atoms with E-state index in [0.29, 0.717) is 31.0 Å². The molecule has 0 bridgehead atoms. The molecule has 0 unspecified atom stereocenters. The molecule has 140 valence electrons. The topological polar surface area (TPSA) is 65.8 Å². The van der Waals surface area contributed by atoms with Crippen molar-refractivity contribution in [2.24, 2.45) is 0 Å². The van der Waals surface area contributed by atoms with E-state index in [-0.39, 0.29) is 18.2 Å². The number of amides is 2. The minimum Gasteiger partial charge on any atom is -0.469 e. The summed E-state index contributed by atoms with van der Waals surface area (Å²) < 4.78 is 5.26. The van der Waals surface area contributed by atoms with Crippen molar-refractivity contribution in [3.8, 4) is 0 Å². The third kappa shape index (κ3) is 6.04. The van der Waals surface area contributed by atoms with Crippen molar-refractivity contribution >= 4 is 11.8 Å². The van der Waals surface area contributed by atoms with Crippen LogP contribution in [0, 0.1) is 6.92 Å². The third-order valence-corrected chi connectivity index (χ3v) is 4.08. The first-order chi connectivity index (χ1) is 12.5. The van der Waals surface area contributed by atoms with Gasteiger partial charge in [0.25, 0.3) is 5.91 Å². The molecule has 6 heteroatoms. The van der Waals surface area contributed by atoms with Gasteiger partial charge in [-0.2, -0.15) is 0 Å². The van der Waals surface area contributed by atoms with Gasteiger partial charge in [-0.3, -0.25) is 9.59 Å². The smallest absolute Gasteiger partial charge is 0.257 e. The summed E-state index contributed by atoms with van der Waals surface area (Å²) in [4.78, 5) is 28.6. The molecule has 2 rings (SSSR count). The highest BCUT2D eigenvalue weighted by molar-refractivity contribution is 5.95. The summed E-state index contributed by atoms with van der Waals surface area (Å²) in [5.41, 5.74) is 1.56. The van der Waals surface area contributed by atoms with E-state index in [1.807, 2.05) is 49.3 Å². The summed E-state index contributed by atoms with van der Waals surface area (Å²) in [6, 6.07) is 11.4. The Morgan fingerprint density at radius 2 is 1.81 bits per heavy atom. The molecule has 0 atom stereocenters. The number of nitrogens with zero attached hydrogens (tertiary/aromatic N) is 2. The van der Waals surface area contributed by atoms with Crippen LogP contribution in [0.15, 0.2) is 47.1 Å². The van der Waals surface area contributed by atoms with E-state index in [0.717, 1.165) is 12.1 Å². The van der Waals surface area contributed by atoms with Crippen molar-refractivity contribution < 1.29 is 14.0 Å². The van der Waals surface area contributed by atoms with Gasteiger partial charge in [-0.15, -0.1) is 0 Å². The highest BCUT2D eigenvalue weighted by Crippen LogP contribution is 2.15. The average molecular weight is 357 g/mol. The number of hydrogen-bond donors (Lipinski definition) is 1. The van der Waals surface area contributed by atoms with Gasteiger partial charge in [0.1, 0.15) is 5.76 Å². The van der Waals surface area contributed by atoms with Gasteiger partial charge in [0.15, 0.2) is 0 Å². The minimum atomic E-state index is -0.124. The van der Waals surface area contributed by atoms with E-state index >= 15 is 0 Å². The maximum absolute atomic E-state index is 12.9. The molecule has 26 heavy (non-hydrogen) atoms. The molecule has 1 heterocycles. The van der Waals surface area contributed by atoms with Gasteiger partial charge in [0.2, 0.25) is 5.91 Å². The number of likely N-dealkylation sites (N-methyl/N-ethyl adjacent to an activating group) is 1. The van der Waals surface area contributed by atoms with Gasteiger partial charge in [-0.05, 0) is 32.6 Å². The van der Waals surface area contributed by atoms with E-state index in [9.17, 15) is 9.59 Å². The quantitative estimate of drug-likeness (QED) is 0.748. The highest BCUT2D eigenvalue weighted by Gasteiger charge is 2.20. The molecule has 0 radical (unpaired) electrons. The molecule has 6 nitrogen and oxygen atoms in total. The van der Waals surface area contributed by atoms with Crippen LogP contribution in [0.4, 0.5) is 0 Å². The number of carbonyl (C=O) groups excluding carboxylic acids is 2. The molecule has 1 N–H and O–H groups in total. The second-order valence-electron chi connectivity index (χ2n) is 6.51. The van der Waals surface area contributed by atoms with E-state index in [1.165, 1.54) is 6.26 Å². The zero-order chi connectivity index (χ0) is 18.9. The van der Waals surface area contributed by atoms with Gasteiger partial charge >= 0.3 is 0 Å². The van der Waals surface area contributed by atoms with Crippen LogP contribution in [0.2, 0.25) is 0 Å². The molecule has 2 amide bonds. The molecular formula is C20H27N3O3. The Labute approximate surface area is 154 Å². The zero-order valence-electron chi connectivity index (χ0n) is 15.7. The molecule has 1 aromatic carbocycles. The fourth-order valence-corrected chi connectivity index (χ4v) is 2.58. The van der Waals surface area contributed by atoms with Gasteiger partial charge in [0, 0.05) is 32.6 Å². The van der Waals surface area contributed by atoms with Crippen molar-refractivity contribution in [3.63, 3.8) is 0 Å². The van der Waals surface area contributed by atoms with Gasteiger partial charge in [-0.1, -0.05) is 30.3 Å². The minimum absolute atomic E-state index is 0.0540. The first kappa shape index (κ1) is 19.7. The Hall–Kier alpha value is -2.60. The van der Waals surface area contributed by atoms with Crippen LogP contribution >= 0.6 is 0 Å². The van der Waals surface area contributed by atoms with Crippen LogP contribution in [0.1, 0.15) is 28.1 Å². The molecule has 1 aromatic heterocycles. The second-order valence-corrected chi connectivity index (χ2v) is 6.51. The summed E-state index contributed by atoms with van der Waals surface area (Å²) >= 11 is 0. The lowest BCUT2D eigenvalue weighted by Gasteiger charge is -2.22. The highest BCUT2D eigenvalue weighted by atomic mass is 16.3. The molecule has 0 saturated heterocycles. The Morgan fingerprint density at radius 3 is 2.42 bits per heavy atom. The van der Waals surface area contributed by atoms with Crippen LogP contribution in [-0.2, 0) is 11.3 Å². The monoisotopic (exact) mass is 357 g/mol. The first-order valence-electron chi connectivity index (χ1n) is 8.76. The van der Waals surface area contributed by atoms with Crippen LogP contribution in [-0.4, -0.2) is 55.3 Å². The maximum atomic E-state index is 12.9. The predicted octanol–water partition coefficient (Wildman–Crippen LogP) is 2.30. The van der Waals surface area contributed by atoms with Crippen molar-refractivity contribution in [1.82, 2.24) is 15.1 Å². The lowest BCUT2D eigenvalue weighted by molar-refractivity contribution is -0.121. The fraction of sp³-hybridized carbons (Fsp3) is 0.400. The summed E-state index contributed by atoms with van der Waals surface area (Å²) in [6.45, 7) is 3.95. The Balaban J connectivity index is 2.00. The first-order valence-corrected chi connectivity index (χ1v) is 8.76. The molecule has 0 aliphatic heterocycles. The summed E-state index contributed by atoms with van der Waals surface area (Å²) in [5, 5.41) is 2.88. The van der Waals surface area contributed by atoms with E-state index in [2.05, 4.69) is 5.32 Å². The molecule has 0 fully saturated rings. The SMILES string of the molecule is Cc1occc1C(=O)N(CCC(=O)NCCN(C)C)Cc1ccccc1. The van der Waals surface area contributed by atoms with Crippen LogP contribution < -0.4 is 5.32 Å². The van der Waals surface area contributed by atoms with Crippen molar-refractivity contribution in [2.75, 3.05) is 33.7 Å². The second kappa shape index (κ2) is 9.77. The van der Waals surface area contributed by atoms with Crippen LogP contribution in [0.5, 0.6) is 0 Å². The number of aryl methyl sites for hydroxylation is 1. The van der Waals surface area contributed by atoms with Crippen molar-refractivity contribution in [2.45, 2.75) is 19.9 Å². The van der Waals surface area contributed by atoms with Crippen molar-refractivity contribution in [1.29, 1.82) is 0 Å². The van der Waals surface area contributed by atoms with E-state index < -0.39 is 0 Å². The van der Waals surface area contributed by atoms with Crippen molar-refractivity contribution in [3.05, 3.63) is 59.5 Å². The Bertz CT molecular complexity index is 710. The lowest BCUT2D eigenvalue weighted by Crippen LogP contribution is -2.36. The largest absolute Gasteiger partial charge is 0.469 e. The number of rotatable bonds is 9. The Morgan fingerprint density at radius 1 is 1.08 bits per heavy atom.